The van der Waals surface area contributed by atoms with Crippen LogP contribution in [0.2, 0.25) is 0 Å². The van der Waals surface area contributed by atoms with Crippen LogP contribution in [0, 0.1) is 19.7 Å². The number of piperazine rings is 1. The monoisotopic (exact) mass is 540 g/mol. The van der Waals surface area contributed by atoms with Gasteiger partial charge in [0, 0.05) is 36.9 Å². The van der Waals surface area contributed by atoms with Crippen LogP contribution in [0.1, 0.15) is 74.8 Å². The van der Waals surface area contributed by atoms with Gasteiger partial charge in [0.1, 0.15) is 11.6 Å². The number of nitrogens with one attached hydrogen (secondary N) is 1. The zero-order valence-corrected chi connectivity index (χ0v) is 24.1. The fourth-order valence-corrected chi connectivity index (χ4v) is 5.91. The Bertz CT molecular complexity index is 1670. The Kier molecular flexibility index (Phi) is 6.69. The molecule has 1 saturated heterocycles. The third kappa shape index (κ3) is 4.58. The standard InChI is InChI=1S/C32H37FN6O/c1-17(2)27-29(19(4)11-12-34-27)39-31-25(30(37-32(39)40)38-16-20(5)35-15-21(38)6)14-23(22-8-9-22)28(36-31)24-13-18(3)7-10-26(24)33/h7,10-14,17,20-22,35H,8-9,15-16H2,1-6H3/t20-,21+/m1/s1. The molecule has 1 N–H and O–H groups in total. The molecule has 0 radical (unpaired) electrons. The summed E-state index contributed by atoms with van der Waals surface area (Å²) >= 11 is 0. The molecule has 7 nitrogen and oxygen atoms in total. The lowest BCUT2D eigenvalue weighted by Crippen LogP contribution is -2.55. The predicted molar refractivity (Wildman–Crippen MR) is 158 cm³/mol. The van der Waals surface area contributed by atoms with Gasteiger partial charge in [-0.1, -0.05) is 25.5 Å². The van der Waals surface area contributed by atoms with Crippen molar-refractivity contribution in [3.05, 3.63) is 75.2 Å². The summed E-state index contributed by atoms with van der Waals surface area (Å²) in [4.78, 5) is 30.9. The Hall–Kier alpha value is -3.65. The van der Waals surface area contributed by atoms with Crippen LogP contribution in [0.5, 0.6) is 0 Å². The number of hydrogen-bond acceptors (Lipinski definition) is 6. The minimum atomic E-state index is -0.402. The zero-order valence-electron chi connectivity index (χ0n) is 24.1. The summed E-state index contributed by atoms with van der Waals surface area (Å²) in [5.74, 6) is 0.721. The number of nitrogens with zero attached hydrogens (tertiary/aromatic N) is 5. The van der Waals surface area contributed by atoms with Gasteiger partial charge in [0.05, 0.1) is 22.5 Å². The molecule has 2 aliphatic rings. The van der Waals surface area contributed by atoms with Gasteiger partial charge in [0.2, 0.25) is 0 Å². The van der Waals surface area contributed by atoms with Crippen LogP contribution in [0.25, 0.3) is 28.0 Å². The number of anilines is 1. The van der Waals surface area contributed by atoms with E-state index < -0.39 is 5.69 Å². The molecule has 208 valence electrons. The fourth-order valence-electron chi connectivity index (χ4n) is 5.91. The lowest BCUT2D eigenvalue weighted by molar-refractivity contribution is 0.423. The Morgan fingerprint density at radius 2 is 1.85 bits per heavy atom. The Balaban J connectivity index is 1.74. The number of aromatic nitrogens is 4. The first-order valence-electron chi connectivity index (χ1n) is 14.3. The lowest BCUT2D eigenvalue weighted by atomic mass is 9.98. The van der Waals surface area contributed by atoms with Crippen LogP contribution in [0.3, 0.4) is 0 Å². The molecule has 6 rings (SSSR count). The Labute approximate surface area is 234 Å². The van der Waals surface area contributed by atoms with Gasteiger partial charge in [0.15, 0.2) is 5.65 Å². The molecule has 1 saturated carbocycles. The Morgan fingerprint density at radius 1 is 1.07 bits per heavy atom. The van der Waals surface area contributed by atoms with Crippen LogP contribution in [-0.4, -0.2) is 44.7 Å². The summed E-state index contributed by atoms with van der Waals surface area (Å²) in [5, 5.41) is 4.34. The molecular weight excluding hydrogens is 503 g/mol. The normalized spacial score (nSPS) is 19.6. The van der Waals surface area contributed by atoms with Gasteiger partial charge < -0.3 is 10.2 Å². The van der Waals surface area contributed by atoms with Crippen molar-refractivity contribution in [2.75, 3.05) is 18.0 Å². The largest absolute Gasteiger partial charge is 0.355 e. The van der Waals surface area contributed by atoms with E-state index in [1.165, 1.54) is 6.07 Å². The van der Waals surface area contributed by atoms with E-state index in [2.05, 4.69) is 49.0 Å². The highest BCUT2D eigenvalue weighted by atomic mass is 19.1. The van der Waals surface area contributed by atoms with Gasteiger partial charge >= 0.3 is 5.69 Å². The molecule has 4 heterocycles. The van der Waals surface area contributed by atoms with E-state index in [0.717, 1.165) is 53.7 Å². The quantitative estimate of drug-likeness (QED) is 0.346. The molecule has 40 heavy (non-hydrogen) atoms. The molecule has 8 heteroatoms. The molecule has 0 spiro atoms. The van der Waals surface area contributed by atoms with Crippen molar-refractivity contribution >= 4 is 16.9 Å². The summed E-state index contributed by atoms with van der Waals surface area (Å²) in [5.41, 5.74) is 5.57. The van der Waals surface area contributed by atoms with Gasteiger partial charge in [-0.2, -0.15) is 4.98 Å². The van der Waals surface area contributed by atoms with E-state index in [1.54, 1.807) is 16.8 Å². The summed E-state index contributed by atoms with van der Waals surface area (Å²) in [7, 11) is 0. The first-order chi connectivity index (χ1) is 19.1. The summed E-state index contributed by atoms with van der Waals surface area (Å²) in [6.07, 6.45) is 3.85. The van der Waals surface area contributed by atoms with Crippen LogP contribution in [0.4, 0.5) is 10.2 Å². The SMILES string of the molecule is Cc1ccc(F)c(-c2nc3c(cc2C2CC2)c(N2C[C@@H](C)NC[C@@H]2C)nc(=O)n3-c2c(C)ccnc2C(C)C)c1. The second kappa shape index (κ2) is 10.1. The van der Waals surface area contributed by atoms with Crippen molar-refractivity contribution in [2.24, 2.45) is 0 Å². The highest BCUT2D eigenvalue weighted by Crippen LogP contribution is 2.46. The van der Waals surface area contributed by atoms with E-state index in [9.17, 15) is 4.79 Å². The van der Waals surface area contributed by atoms with Crippen molar-refractivity contribution in [2.45, 2.75) is 78.3 Å². The number of benzene rings is 1. The van der Waals surface area contributed by atoms with E-state index in [-0.39, 0.29) is 23.8 Å². The number of pyridine rings is 2. The maximum absolute atomic E-state index is 15.4. The molecule has 1 aromatic carbocycles. The summed E-state index contributed by atoms with van der Waals surface area (Å²) in [6.45, 7) is 13.9. The maximum Gasteiger partial charge on any atom is 0.355 e. The van der Waals surface area contributed by atoms with Crippen LogP contribution >= 0.6 is 0 Å². The molecule has 4 aromatic rings. The molecule has 2 fully saturated rings. The van der Waals surface area contributed by atoms with Crippen molar-refractivity contribution in [1.29, 1.82) is 0 Å². The molecule has 0 unspecified atom stereocenters. The molecule has 1 aliphatic carbocycles. The minimum absolute atomic E-state index is 0.0741. The van der Waals surface area contributed by atoms with Crippen molar-refractivity contribution in [3.63, 3.8) is 0 Å². The summed E-state index contributed by atoms with van der Waals surface area (Å²) in [6, 6.07) is 9.57. The van der Waals surface area contributed by atoms with Crippen LogP contribution in [0.15, 0.2) is 41.3 Å². The van der Waals surface area contributed by atoms with Crippen molar-refractivity contribution in [1.82, 2.24) is 24.8 Å². The summed E-state index contributed by atoms with van der Waals surface area (Å²) < 4.78 is 17.0. The predicted octanol–water partition coefficient (Wildman–Crippen LogP) is 5.79. The molecule has 0 bridgehead atoms. The smallest absolute Gasteiger partial charge is 0.350 e. The molecule has 2 atom stereocenters. The van der Waals surface area contributed by atoms with Gasteiger partial charge in [-0.3, -0.25) is 4.98 Å². The topological polar surface area (TPSA) is 75.9 Å². The van der Waals surface area contributed by atoms with E-state index in [1.807, 2.05) is 26.0 Å². The highest BCUT2D eigenvalue weighted by Gasteiger charge is 2.33. The Morgan fingerprint density at radius 3 is 2.58 bits per heavy atom. The second-order valence-corrected chi connectivity index (χ2v) is 11.9. The van der Waals surface area contributed by atoms with Crippen molar-refractivity contribution < 1.29 is 4.39 Å². The minimum Gasteiger partial charge on any atom is -0.350 e. The van der Waals surface area contributed by atoms with E-state index in [4.69, 9.17) is 9.97 Å². The molecule has 0 amide bonds. The molecule has 3 aromatic heterocycles. The average Bonchev–Trinajstić information content (AvgIpc) is 3.76. The van der Waals surface area contributed by atoms with Crippen molar-refractivity contribution in [3.8, 4) is 16.9 Å². The maximum atomic E-state index is 15.4. The number of rotatable bonds is 5. The first kappa shape index (κ1) is 26.6. The van der Waals surface area contributed by atoms with E-state index >= 15 is 4.39 Å². The molecule has 1 aliphatic heterocycles. The average molecular weight is 541 g/mol. The fraction of sp³-hybridized carbons (Fsp3) is 0.438. The second-order valence-electron chi connectivity index (χ2n) is 11.9. The molecular formula is C32H37FN6O. The first-order valence-corrected chi connectivity index (χ1v) is 14.3. The zero-order chi connectivity index (χ0) is 28.3. The van der Waals surface area contributed by atoms with Gasteiger partial charge in [-0.25, -0.2) is 18.7 Å². The lowest BCUT2D eigenvalue weighted by Gasteiger charge is -2.39. The number of fused-ring (bicyclic) bond motifs is 1. The van der Waals surface area contributed by atoms with Gasteiger partial charge in [-0.15, -0.1) is 0 Å². The van der Waals surface area contributed by atoms with Gasteiger partial charge in [-0.05, 0) is 87.8 Å². The number of hydrogen-bond donors (Lipinski definition) is 1. The van der Waals surface area contributed by atoms with E-state index in [0.29, 0.717) is 34.3 Å². The number of halogens is 1. The third-order valence-electron chi connectivity index (χ3n) is 8.23. The number of aryl methyl sites for hydroxylation is 2. The highest BCUT2D eigenvalue weighted by molar-refractivity contribution is 5.92. The van der Waals surface area contributed by atoms with Crippen LogP contribution in [-0.2, 0) is 0 Å². The van der Waals surface area contributed by atoms with Gasteiger partial charge in [0.25, 0.3) is 0 Å². The van der Waals surface area contributed by atoms with Crippen LogP contribution < -0.4 is 15.9 Å². The third-order valence-corrected chi connectivity index (χ3v) is 8.23.